The van der Waals surface area contributed by atoms with Crippen LogP contribution in [0, 0.1) is 5.82 Å². The molecule has 2 aromatic carbocycles. The first-order chi connectivity index (χ1) is 13.8. The van der Waals surface area contributed by atoms with E-state index in [1.165, 1.54) is 7.11 Å². The number of benzene rings is 2. The number of hydrogen-bond acceptors (Lipinski definition) is 3. The largest absolute Gasteiger partial charge is 0.497 e. The van der Waals surface area contributed by atoms with Gasteiger partial charge in [0.2, 0.25) is 0 Å². The molecule has 0 fully saturated rings. The molecule has 0 radical (unpaired) electrons. The number of halogens is 4. The normalized spacial score (nSPS) is 11.3. The standard InChI is InChI=1S/C20H17F4N3O2/c1-29-16-4-2-3-13(11-16)9-10-25-19(28)17-12-26-27(18(17)20(22,23)24)15-7-5-14(21)6-8-15/h2-8,11-12H,9-10H2,1H3,(H,25,28). The summed E-state index contributed by atoms with van der Waals surface area (Å²) in [4.78, 5) is 12.4. The molecule has 152 valence electrons. The van der Waals surface area contributed by atoms with Crippen LogP contribution in [0.15, 0.2) is 54.7 Å². The quantitative estimate of drug-likeness (QED) is 0.629. The van der Waals surface area contributed by atoms with Crippen LogP contribution in [-0.2, 0) is 12.6 Å². The smallest absolute Gasteiger partial charge is 0.434 e. The maximum atomic E-state index is 13.6. The number of hydrogen-bond donors (Lipinski definition) is 1. The fraction of sp³-hybridized carbons (Fsp3) is 0.200. The predicted molar refractivity (Wildman–Crippen MR) is 97.6 cm³/mol. The minimum absolute atomic E-state index is 0.00541. The summed E-state index contributed by atoms with van der Waals surface area (Å²) in [6, 6.07) is 11.5. The van der Waals surface area contributed by atoms with E-state index < -0.39 is 29.2 Å². The predicted octanol–water partition coefficient (Wildman–Crippen LogP) is 4.01. The van der Waals surface area contributed by atoms with Crippen molar-refractivity contribution in [1.82, 2.24) is 15.1 Å². The molecule has 1 amide bonds. The van der Waals surface area contributed by atoms with Gasteiger partial charge in [0.25, 0.3) is 5.91 Å². The molecule has 0 saturated heterocycles. The van der Waals surface area contributed by atoms with E-state index in [-0.39, 0.29) is 12.2 Å². The Balaban J connectivity index is 1.78. The van der Waals surface area contributed by atoms with Crippen molar-refractivity contribution >= 4 is 5.91 Å². The first kappa shape index (κ1) is 20.4. The highest BCUT2D eigenvalue weighted by Gasteiger charge is 2.40. The van der Waals surface area contributed by atoms with Crippen LogP contribution in [0.2, 0.25) is 0 Å². The molecule has 0 atom stereocenters. The number of nitrogens with one attached hydrogen (secondary N) is 1. The van der Waals surface area contributed by atoms with Gasteiger partial charge in [-0.05, 0) is 48.4 Å². The van der Waals surface area contributed by atoms with Crippen LogP contribution in [0.25, 0.3) is 5.69 Å². The molecule has 3 rings (SSSR count). The highest BCUT2D eigenvalue weighted by atomic mass is 19.4. The first-order valence-corrected chi connectivity index (χ1v) is 8.62. The molecule has 5 nitrogen and oxygen atoms in total. The summed E-state index contributed by atoms with van der Waals surface area (Å²) < 4.78 is 59.6. The third kappa shape index (κ3) is 4.74. The summed E-state index contributed by atoms with van der Waals surface area (Å²) >= 11 is 0. The van der Waals surface area contributed by atoms with Gasteiger partial charge in [0.1, 0.15) is 11.6 Å². The molecule has 0 unspecified atom stereocenters. The zero-order valence-electron chi connectivity index (χ0n) is 15.3. The van der Waals surface area contributed by atoms with Crippen LogP contribution >= 0.6 is 0 Å². The second-order valence-electron chi connectivity index (χ2n) is 6.15. The third-order valence-corrected chi connectivity index (χ3v) is 4.19. The highest BCUT2D eigenvalue weighted by Crippen LogP contribution is 2.33. The van der Waals surface area contributed by atoms with Gasteiger partial charge in [0, 0.05) is 6.54 Å². The topological polar surface area (TPSA) is 56.1 Å². The lowest BCUT2D eigenvalue weighted by atomic mass is 10.1. The van der Waals surface area contributed by atoms with E-state index in [0.717, 1.165) is 36.0 Å². The molecule has 3 aromatic rings. The maximum Gasteiger partial charge on any atom is 0.434 e. The number of ether oxygens (including phenoxy) is 1. The van der Waals surface area contributed by atoms with Gasteiger partial charge in [-0.2, -0.15) is 18.3 Å². The lowest BCUT2D eigenvalue weighted by molar-refractivity contribution is -0.143. The molecule has 0 aliphatic heterocycles. The monoisotopic (exact) mass is 407 g/mol. The third-order valence-electron chi connectivity index (χ3n) is 4.19. The summed E-state index contributed by atoms with van der Waals surface area (Å²) in [6.07, 6.45) is -3.56. The van der Waals surface area contributed by atoms with Crippen molar-refractivity contribution in [2.24, 2.45) is 0 Å². The minimum Gasteiger partial charge on any atom is -0.497 e. The van der Waals surface area contributed by atoms with E-state index in [1.807, 2.05) is 6.07 Å². The number of amides is 1. The van der Waals surface area contributed by atoms with Crippen molar-refractivity contribution in [2.45, 2.75) is 12.6 Å². The molecule has 1 N–H and O–H groups in total. The summed E-state index contributed by atoms with van der Waals surface area (Å²) in [5.41, 5.74) is -0.965. The summed E-state index contributed by atoms with van der Waals surface area (Å²) in [5.74, 6) is -0.840. The van der Waals surface area contributed by atoms with Crippen molar-refractivity contribution in [3.63, 3.8) is 0 Å². The van der Waals surface area contributed by atoms with Gasteiger partial charge in [0.15, 0.2) is 5.69 Å². The Morgan fingerprint density at radius 3 is 2.55 bits per heavy atom. The van der Waals surface area contributed by atoms with Crippen molar-refractivity contribution in [1.29, 1.82) is 0 Å². The van der Waals surface area contributed by atoms with Crippen molar-refractivity contribution in [2.75, 3.05) is 13.7 Å². The van der Waals surface area contributed by atoms with Crippen LogP contribution in [0.3, 0.4) is 0 Å². The zero-order valence-corrected chi connectivity index (χ0v) is 15.3. The Labute approximate surface area is 163 Å². The molecule has 1 heterocycles. The van der Waals surface area contributed by atoms with E-state index >= 15 is 0 Å². The van der Waals surface area contributed by atoms with Gasteiger partial charge in [0.05, 0.1) is 24.6 Å². The van der Waals surface area contributed by atoms with Crippen LogP contribution < -0.4 is 10.1 Å². The van der Waals surface area contributed by atoms with E-state index in [4.69, 9.17) is 4.74 Å². The number of alkyl halides is 3. The van der Waals surface area contributed by atoms with Crippen LogP contribution in [0.4, 0.5) is 17.6 Å². The molecule has 0 aliphatic rings. The van der Waals surface area contributed by atoms with Crippen molar-refractivity contribution in [3.05, 3.63) is 77.4 Å². The van der Waals surface area contributed by atoms with Gasteiger partial charge >= 0.3 is 6.18 Å². The summed E-state index contributed by atoms with van der Waals surface area (Å²) in [5, 5.41) is 6.17. The number of methoxy groups -OCH3 is 1. The second-order valence-corrected chi connectivity index (χ2v) is 6.15. The van der Waals surface area contributed by atoms with Crippen molar-refractivity contribution < 1.29 is 27.1 Å². The maximum absolute atomic E-state index is 13.6. The molecule has 0 aliphatic carbocycles. The minimum atomic E-state index is -4.83. The molecular weight excluding hydrogens is 390 g/mol. The van der Waals surface area contributed by atoms with Crippen molar-refractivity contribution in [3.8, 4) is 11.4 Å². The van der Waals surface area contributed by atoms with E-state index in [1.54, 1.807) is 18.2 Å². The van der Waals surface area contributed by atoms with E-state index in [0.29, 0.717) is 16.9 Å². The first-order valence-electron chi connectivity index (χ1n) is 8.62. The Hall–Kier alpha value is -3.36. The fourth-order valence-electron chi connectivity index (χ4n) is 2.81. The molecular formula is C20H17F4N3O2. The molecule has 0 saturated carbocycles. The second kappa shape index (κ2) is 8.34. The number of nitrogens with zero attached hydrogens (tertiary/aromatic N) is 2. The highest BCUT2D eigenvalue weighted by molar-refractivity contribution is 5.95. The fourth-order valence-corrected chi connectivity index (χ4v) is 2.81. The number of carbonyl (C=O) groups excluding carboxylic acids is 1. The van der Waals surface area contributed by atoms with Gasteiger partial charge in [-0.25, -0.2) is 9.07 Å². The summed E-state index contributed by atoms with van der Waals surface area (Å²) in [6.45, 7) is 0.130. The lowest BCUT2D eigenvalue weighted by Crippen LogP contribution is -2.28. The van der Waals surface area contributed by atoms with Gasteiger partial charge in [-0.1, -0.05) is 12.1 Å². The summed E-state index contributed by atoms with van der Waals surface area (Å²) in [7, 11) is 1.53. The molecule has 0 bridgehead atoms. The molecule has 0 spiro atoms. The van der Waals surface area contributed by atoms with E-state index in [9.17, 15) is 22.4 Å². The Morgan fingerprint density at radius 2 is 1.90 bits per heavy atom. The zero-order chi connectivity index (χ0) is 21.0. The van der Waals surface area contributed by atoms with Crippen LogP contribution in [0.5, 0.6) is 5.75 Å². The Bertz CT molecular complexity index is 998. The molecule has 1 aromatic heterocycles. The van der Waals surface area contributed by atoms with Gasteiger partial charge < -0.3 is 10.1 Å². The Morgan fingerprint density at radius 1 is 1.17 bits per heavy atom. The number of carbonyl (C=O) groups is 1. The molecule has 29 heavy (non-hydrogen) atoms. The van der Waals surface area contributed by atoms with Gasteiger partial charge in [-0.15, -0.1) is 0 Å². The van der Waals surface area contributed by atoms with Crippen LogP contribution in [0.1, 0.15) is 21.6 Å². The van der Waals surface area contributed by atoms with Gasteiger partial charge in [-0.3, -0.25) is 4.79 Å². The number of rotatable bonds is 6. The average Bonchev–Trinajstić information content (AvgIpc) is 3.14. The van der Waals surface area contributed by atoms with E-state index in [2.05, 4.69) is 10.4 Å². The lowest BCUT2D eigenvalue weighted by Gasteiger charge is -2.13. The number of aromatic nitrogens is 2. The SMILES string of the molecule is COc1cccc(CCNC(=O)c2cnn(-c3ccc(F)cc3)c2C(F)(F)F)c1. The molecule has 9 heteroatoms. The van der Waals surface area contributed by atoms with Crippen LogP contribution in [-0.4, -0.2) is 29.3 Å². The Kier molecular flexibility index (Phi) is 5.86. The average molecular weight is 407 g/mol.